The van der Waals surface area contributed by atoms with E-state index in [0.717, 1.165) is 19.3 Å². The lowest BCUT2D eigenvalue weighted by molar-refractivity contribution is -0.118. The van der Waals surface area contributed by atoms with E-state index in [0.29, 0.717) is 34.3 Å². The van der Waals surface area contributed by atoms with E-state index in [1.165, 1.54) is 24.2 Å². The molecule has 0 saturated carbocycles. The molecular formula is C19H22Cl2FN3OS. The molecule has 1 heterocycles. The summed E-state index contributed by atoms with van der Waals surface area (Å²) in [5, 5.41) is 3.45. The van der Waals surface area contributed by atoms with Crippen LogP contribution in [0.3, 0.4) is 0 Å². The van der Waals surface area contributed by atoms with Crippen molar-refractivity contribution in [2.45, 2.75) is 44.4 Å². The van der Waals surface area contributed by atoms with Gasteiger partial charge in [-0.25, -0.2) is 14.4 Å². The third-order valence-electron chi connectivity index (χ3n) is 3.93. The van der Waals surface area contributed by atoms with Gasteiger partial charge in [-0.05, 0) is 25.0 Å². The summed E-state index contributed by atoms with van der Waals surface area (Å²) in [4.78, 5) is 20.8. The van der Waals surface area contributed by atoms with Crippen LogP contribution in [0.15, 0.2) is 23.4 Å². The second-order valence-corrected chi connectivity index (χ2v) is 7.75. The number of benzene rings is 1. The molecule has 2 aromatic rings. The van der Waals surface area contributed by atoms with Crippen molar-refractivity contribution in [2.24, 2.45) is 0 Å². The molecule has 2 rings (SSSR count). The molecule has 0 fully saturated rings. The minimum Gasteiger partial charge on any atom is -0.355 e. The Kier molecular flexibility index (Phi) is 8.80. The van der Waals surface area contributed by atoms with Crippen LogP contribution in [0.2, 0.25) is 10.0 Å². The van der Waals surface area contributed by atoms with E-state index in [2.05, 4.69) is 22.2 Å². The van der Waals surface area contributed by atoms with E-state index in [4.69, 9.17) is 23.2 Å². The number of hydrogen-bond donors (Lipinski definition) is 1. The van der Waals surface area contributed by atoms with Crippen LogP contribution < -0.4 is 5.32 Å². The second kappa shape index (κ2) is 10.8. The van der Waals surface area contributed by atoms with Gasteiger partial charge in [0.1, 0.15) is 12.1 Å². The molecule has 27 heavy (non-hydrogen) atoms. The van der Waals surface area contributed by atoms with Crippen LogP contribution in [0.25, 0.3) is 11.3 Å². The maximum Gasteiger partial charge on any atom is 0.230 e. The Bertz CT molecular complexity index is 805. The molecule has 1 aromatic heterocycles. The highest BCUT2D eigenvalue weighted by Crippen LogP contribution is 2.36. The molecule has 1 N–H and O–H groups in total. The molecule has 0 bridgehead atoms. The van der Waals surface area contributed by atoms with Crippen molar-refractivity contribution in [3.63, 3.8) is 0 Å². The van der Waals surface area contributed by atoms with E-state index >= 15 is 0 Å². The van der Waals surface area contributed by atoms with Gasteiger partial charge in [-0.2, -0.15) is 0 Å². The SMILES string of the molecule is CCCCCNC(=O)CSc1cc(-c2ncnc(CC)c2Cl)c(F)cc1Cl. The van der Waals surface area contributed by atoms with Gasteiger partial charge in [0.2, 0.25) is 5.91 Å². The Balaban J connectivity index is 2.16. The normalized spacial score (nSPS) is 10.9. The average molecular weight is 430 g/mol. The zero-order valence-electron chi connectivity index (χ0n) is 15.3. The molecule has 1 aromatic carbocycles. The molecule has 0 aliphatic heterocycles. The van der Waals surface area contributed by atoms with E-state index in [-0.39, 0.29) is 22.2 Å². The monoisotopic (exact) mass is 429 g/mol. The molecule has 0 radical (unpaired) electrons. The molecule has 0 aliphatic rings. The fourth-order valence-electron chi connectivity index (χ4n) is 2.46. The lowest BCUT2D eigenvalue weighted by Gasteiger charge is -2.11. The second-order valence-electron chi connectivity index (χ2n) is 5.94. The molecule has 4 nitrogen and oxygen atoms in total. The number of rotatable bonds is 9. The van der Waals surface area contributed by atoms with Crippen molar-refractivity contribution in [2.75, 3.05) is 12.3 Å². The predicted octanol–water partition coefficient (Wildman–Crippen LogP) is 5.55. The minimum atomic E-state index is -0.518. The summed E-state index contributed by atoms with van der Waals surface area (Å²) in [6.45, 7) is 4.68. The van der Waals surface area contributed by atoms with Gasteiger partial charge >= 0.3 is 0 Å². The van der Waals surface area contributed by atoms with Crippen molar-refractivity contribution < 1.29 is 9.18 Å². The number of carbonyl (C=O) groups is 1. The van der Waals surface area contributed by atoms with Crippen molar-refractivity contribution in [3.8, 4) is 11.3 Å². The number of nitrogens with zero attached hydrogens (tertiary/aromatic N) is 2. The average Bonchev–Trinajstić information content (AvgIpc) is 2.65. The zero-order chi connectivity index (χ0) is 19.8. The number of thioether (sulfide) groups is 1. The van der Waals surface area contributed by atoms with E-state index in [9.17, 15) is 9.18 Å². The largest absolute Gasteiger partial charge is 0.355 e. The maximum absolute atomic E-state index is 14.5. The van der Waals surface area contributed by atoms with Crippen LogP contribution in [0, 0.1) is 5.82 Å². The molecule has 0 atom stereocenters. The standard InChI is InChI=1S/C19H22Cl2FN3OS/c1-3-5-6-7-23-17(26)10-27-16-8-12(14(22)9-13(16)20)19-18(21)15(4-2)24-11-25-19/h8-9,11H,3-7,10H2,1-2H3,(H,23,26). The Morgan fingerprint density at radius 2 is 2.00 bits per heavy atom. The first-order chi connectivity index (χ1) is 13.0. The first-order valence-electron chi connectivity index (χ1n) is 8.86. The quantitative estimate of drug-likeness (QED) is 0.419. The van der Waals surface area contributed by atoms with Gasteiger partial charge in [0.25, 0.3) is 0 Å². The number of amides is 1. The highest BCUT2D eigenvalue weighted by Gasteiger charge is 2.17. The van der Waals surface area contributed by atoms with E-state index in [1.54, 1.807) is 6.07 Å². The summed E-state index contributed by atoms with van der Waals surface area (Å²) in [6, 6.07) is 2.81. The lowest BCUT2D eigenvalue weighted by atomic mass is 10.1. The number of unbranched alkanes of at least 4 members (excludes halogenated alkanes) is 2. The summed E-state index contributed by atoms with van der Waals surface area (Å²) >= 11 is 13.7. The molecule has 8 heteroatoms. The van der Waals surface area contributed by atoms with Gasteiger partial charge in [-0.15, -0.1) is 11.8 Å². The lowest BCUT2D eigenvalue weighted by Crippen LogP contribution is -2.26. The number of hydrogen-bond acceptors (Lipinski definition) is 4. The van der Waals surface area contributed by atoms with Crippen LogP contribution in [0.4, 0.5) is 4.39 Å². The van der Waals surface area contributed by atoms with Crippen molar-refractivity contribution in [1.29, 1.82) is 0 Å². The van der Waals surface area contributed by atoms with Gasteiger partial charge in [0.15, 0.2) is 0 Å². The van der Waals surface area contributed by atoms with Crippen LogP contribution in [-0.4, -0.2) is 28.2 Å². The van der Waals surface area contributed by atoms with Crippen LogP contribution in [0.1, 0.15) is 38.8 Å². The van der Waals surface area contributed by atoms with Crippen LogP contribution in [0.5, 0.6) is 0 Å². The molecule has 0 aliphatic carbocycles. The Hall–Kier alpha value is -1.37. The van der Waals surface area contributed by atoms with Gasteiger partial charge < -0.3 is 5.32 Å². The van der Waals surface area contributed by atoms with E-state index in [1.807, 2.05) is 6.92 Å². The Morgan fingerprint density at radius 1 is 1.22 bits per heavy atom. The fraction of sp³-hybridized carbons (Fsp3) is 0.421. The molecule has 0 unspecified atom stereocenters. The summed E-state index contributed by atoms with van der Waals surface area (Å²) < 4.78 is 14.5. The highest BCUT2D eigenvalue weighted by atomic mass is 35.5. The summed E-state index contributed by atoms with van der Waals surface area (Å²) in [5.74, 6) is -0.392. The Labute approximate surface area is 173 Å². The summed E-state index contributed by atoms with van der Waals surface area (Å²) in [5.41, 5.74) is 1.22. The van der Waals surface area contributed by atoms with Crippen molar-refractivity contribution in [1.82, 2.24) is 15.3 Å². The fourth-order valence-corrected chi connectivity index (χ4v) is 3.89. The Morgan fingerprint density at radius 3 is 2.70 bits per heavy atom. The molecule has 0 saturated heterocycles. The smallest absolute Gasteiger partial charge is 0.230 e. The number of nitrogens with one attached hydrogen (secondary N) is 1. The first kappa shape index (κ1) is 21.9. The van der Waals surface area contributed by atoms with Crippen LogP contribution in [-0.2, 0) is 11.2 Å². The zero-order valence-corrected chi connectivity index (χ0v) is 17.6. The molecule has 0 spiro atoms. The molecular weight excluding hydrogens is 408 g/mol. The number of aromatic nitrogens is 2. The molecule has 1 amide bonds. The van der Waals surface area contributed by atoms with Crippen LogP contribution >= 0.6 is 35.0 Å². The van der Waals surface area contributed by atoms with Gasteiger partial charge in [0.05, 0.1) is 27.2 Å². The number of carbonyl (C=O) groups excluding carboxylic acids is 1. The predicted molar refractivity (Wildman–Crippen MR) is 110 cm³/mol. The molecule has 146 valence electrons. The maximum atomic E-state index is 14.5. The third-order valence-corrected chi connectivity index (χ3v) is 5.81. The first-order valence-corrected chi connectivity index (χ1v) is 10.6. The van der Waals surface area contributed by atoms with Gasteiger partial charge in [0, 0.05) is 17.0 Å². The van der Waals surface area contributed by atoms with Gasteiger partial charge in [-0.3, -0.25) is 4.79 Å². The third kappa shape index (κ3) is 6.06. The number of aryl methyl sites for hydroxylation is 1. The van der Waals surface area contributed by atoms with Crippen molar-refractivity contribution >= 4 is 40.9 Å². The topological polar surface area (TPSA) is 54.9 Å². The summed E-state index contributed by atoms with van der Waals surface area (Å²) in [7, 11) is 0. The number of halogens is 3. The highest BCUT2D eigenvalue weighted by molar-refractivity contribution is 8.00. The van der Waals surface area contributed by atoms with Gasteiger partial charge in [-0.1, -0.05) is 49.9 Å². The minimum absolute atomic E-state index is 0.0774. The van der Waals surface area contributed by atoms with E-state index < -0.39 is 5.82 Å². The summed E-state index contributed by atoms with van der Waals surface area (Å²) in [6.07, 6.45) is 5.12. The van der Waals surface area contributed by atoms with Crippen molar-refractivity contribution in [3.05, 3.63) is 40.0 Å².